The van der Waals surface area contributed by atoms with Gasteiger partial charge in [0.1, 0.15) is 6.61 Å². The Labute approximate surface area is 224 Å². The van der Waals surface area contributed by atoms with Gasteiger partial charge in [-0.25, -0.2) is 0 Å². The van der Waals surface area contributed by atoms with Gasteiger partial charge in [-0.15, -0.1) is 0 Å². The van der Waals surface area contributed by atoms with Crippen molar-refractivity contribution in [2.24, 2.45) is 0 Å². The molecule has 0 amide bonds. The van der Waals surface area contributed by atoms with Crippen LogP contribution in [0.5, 0.6) is 17.4 Å². The molecular formula is C26H25F6N3O3S. The number of halogens is 6. The maximum absolute atomic E-state index is 13.5. The normalized spacial score (nSPS) is 14.9. The molecule has 6 nitrogen and oxygen atoms in total. The number of piperazine rings is 1. The van der Waals surface area contributed by atoms with Gasteiger partial charge in [0.2, 0.25) is 5.88 Å². The molecule has 2 aromatic carbocycles. The predicted molar refractivity (Wildman–Crippen MR) is 135 cm³/mol. The van der Waals surface area contributed by atoms with E-state index in [1.165, 1.54) is 24.5 Å². The Bertz CT molecular complexity index is 1350. The highest BCUT2D eigenvalue weighted by Gasteiger charge is 2.38. The molecule has 1 aliphatic heterocycles. The van der Waals surface area contributed by atoms with Crippen molar-refractivity contribution in [2.45, 2.75) is 19.0 Å². The van der Waals surface area contributed by atoms with E-state index in [0.29, 0.717) is 27.2 Å². The number of aromatic hydroxyl groups is 1. The van der Waals surface area contributed by atoms with Crippen molar-refractivity contribution in [3.05, 3.63) is 70.1 Å². The molecule has 210 valence electrons. The van der Waals surface area contributed by atoms with Gasteiger partial charge in [-0.05, 0) is 42.4 Å². The molecule has 0 spiro atoms. The molecule has 0 unspecified atom stereocenters. The van der Waals surface area contributed by atoms with Gasteiger partial charge in [0.25, 0.3) is 0 Å². The topological polar surface area (TPSA) is 58.1 Å². The predicted octanol–water partition coefficient (Wildman–Crippen LogP) is 6.29. The van der Waals surface area contributed by atoms with Crippen LogP contribution in [0.15, 0.2) is 43.0 Å². The zero-order valence-corrected chi connectivity index (χ0v) is 21.8. The highest BCUT2D eigenvalue weighted by molar-refractivity contribution is 7.17. The first-order valence-electron chi connectivity index (χ1n) is 11.7. The summed E-state index contributed by atoms with van der Waals surface area (Å²) in [5, 5.41) is 11.1. The van der Waals surface area contributed by atoms with Crippen LogP contribution in [0.2, 0.25) is 0 Å². The van der Waals surface area contributed by atoms with Crippen LogP contribution in [0.25, 0.3) is 5.57 Å². The monoisotopic (exact) mass is 573 g/mol. The Morgan fingerprint density at radius 1 is 1.00 bits per heavy atom. The van der Waals surface area contributed by atoms with Crippen LogP contribution in [-0.2, 0) is 19.0 Å². The first kappa shape index (κ1) is 28.6. The van der Waals surface area contributed by atoms with E-state index < -0.39 is 35.6 Å². The molecule has 1 aliphatic rings. The molecule has 1 fully saturated rings. The SMILES string of the molecule is C=C(c1ccc(OCc2ccc(C(F)(F)F)cc2C(F)(F)F)c(OC)c1)c1sc(N2CCN(C)CC2)nc1O. The lowest BCUT2D eigenvalue weighted by atomic mass is 10.0. The second-order valence-electron chi connectivity index (χ2n) is 8.94. The van der Waals surface area contributed by atoms with E-state index in [9.17, 15) is 31.4 Å². The smallest absolute Gasteiger partial charge is 0.416 e. The number of rotatable bonds is 7. The average Bonchev–Trinajstić information content (AvgIpc) is 3.27. The molecule has 1 saturated heterocycles. The van der Waals surface area contributed by atoms with Crippen molar-refractivity contribution in [1.29, 1.82) is 0 Å². The maximum Gasteiger partial charge on any atom is 0.416 e. The molecule has 0 radical (unpaired) electrons. The summed E-state index contributed by atoms with van der Waals surface area (Å²) in [7, 11) is 3.37. The summed E-state index contributed by atoms with van der Waals surface area (Å²) >= 11 is 1.29. The first-order chi connectivity index (χ1) is 18.3. The maximum atomic E-state index is 13.5. The number of methoxy groups -OCH3 is 1. The number of hydrogen-bond acceptors (Lipinski definition) is 7. The van der Waals surface area contributed by atoms with E-state index >= 15 is 0 Å². The Morgan fingerprint density at radius 3 is 2.31 bits per heavy atom. The summed E-state index contributed by atoms with van der Waals surface area (Å²) in [6.45, 7) is 6.69. The van der Waals surface area contributed by atoms with Gasteiger partial charge in [0.05, 0.1) is 23.1 Å². The zero-order chi connectivity index (χ0) is 28.5. The summed E-state index contributed by atoms with van der Waals surface area (Å²) < 4.78 is 90.1. The number of hydrogen-bond donors (Lipinski definition) is 1. The minimum Gasteiger partial charge on any atom is -0.493 e. The van der Waals surface area contributed by atoms with Gasteiger partial charge in [-0.3, -0.25) is 0 Å². The molecule has 0 bridgehead atoms. The van der Waals surface area contributed by atoms with Crippen LogP contribution in [0.4, 0.5) is 31.5 Å². The molecule has 39 heavy (non-hydrogen) atoms. The van der Waals surface area contributed by atoms with Crippen molar-refractivity contribution in [3.63, 3.8) is 0 Å². The zero-order valence-electron chi connectivity index (χ0n) is 21.0. The van der Waals surface area contributed by atoms with Crippen LogP contribution in [0.1, 0.15) is 27.1 Å². The van der Waals surface area contributed by atoms with Gasteiger partial charge in [0, 0.05) is 31.7 Å². The Kier molecular flexibility index (Phi) is 8.03. The van der Waals surface area contributed by atoms with Crippen molar-refractivity contribution in [2.75, 3.05) is 45.2 Å². The quantitative estimate of drug-likeness (QED) is 0.336. The summed E-state index contributed by atoms with van der Waals surface area (Å²) in [5.74, 6) is 0.0753. The van der Waals surface area contributed by atoms with Crippen molar-refractivity contribution >= 4 is 22.0 Å². The molecule has 1 N–H and O–H groups in total. The summed E-state index contributed by atoms with van der Waals surface area (Å²) in [5.41, 5.74) is -2.29. The minimum absolute atomic E-state index is 0.0704. The first-order valence-corrected chi connectivity index (χ1v) is 12.5. The van der Waals surface area contributed by atoms with Crippen LogP contribution >= 0.6 is 11.3 Å². The van der Waals surface area contributed by atoms with E-state index in [-0.39, 0.29) is 23.4 Å². The third-order valence-electron chi connectivity index (χ3n) is 6.28. The molecular weight excluding hydrogens is 548 g/mol. The lowest BCUT2D eigenvalue weighted by Gasteiger charge is -2.31. The fourth-order valence-electron chi connectivity index (χ4n) is 4.03. The standard InChI is InChI=1S/C26H25F6N3O3S/c1-15(22-23(36)33-24(39-22)35-10-8-34(2)9-11-35)16-5-7-20(21(12-16)37-3)38-14-17-4-6-18(25(27,28)29)13-19(17)26(30,31)32/h4-7,12-13,36H,1,8-11,14H2,2-3H3. The number of nitrogens with zero attached hydrogens (tertiary/aromatic N) is 3. The van der Waals surface area contributed by atoms with Crippen LogP contribution in [0, 0.1) is 0 Å². The number of aromatic nitrogens is 1. The number of ether oxygens (including phenoxy) is 2. The third-order valence-corrected chi connectivity index (χ3v) is 7.45. The minimum atomic E-state index is -5.01. The average molecular weight is 574 g/mol. The second-order valence-corrected chi connectivity index (χ2v) is 9.92. The van der Waals surface area contributed by atoms with E-state index in [1.807, 2.05) is 7.05 Å². The number of thiazole rings is 1. The van der Waals surface area contributed by atoms with Crippen LogP contribution < -0.4 is 14.4 Å². The van der Waals surface area contributed by atoms with E-state index in [0.717, 1.165) is 32.2 Å². The van der Waals surface area contributed by atoms with E-state index in [4.69, 9.17) is 9.47 Å². The molecule has 4 rings (SSSR count). The van der Waals surface area contributed by atoms with Crippen molar-refractivity contribution in [1.82, 2.24) is 9.88 Å². The summed E-state index contributed by atoms with van der Waals surface area (Å²) in [4.78, 5) is 9.01. The fraction of sp³-hybridized carbons (Fsp3) is 0.346. The number of anilines is 1. The van der Waals surface area contributed by atoms with E-state index in [1.54, 1.807) is 12.1 Å². The summed E-state index contributed by atoms with van der Waals surface area (Å²) in [6, 6.07) is 5.99. The van der Waals surface area contributed by atoms with Gasteiger partial charge >= 0.3 is 12.4 Å². The molecule has 0 atom stereocenters. The number of benzene rings is 2. The Morgan fingerprint density at radius 2 is 1.69 bits per heavy atom. The second kappa shape index (κ2) is 11.0. The molecule has 0 saturated carbocycles. The summed E-state index contributed by atoms with van der Waals surface area (Å²) in [6.07, 6.45) is -9.93. The lowest BCUT2D eigenvalue weighted by molar-refractivity contribution is -0.143. The van der Waals surface area contributed by atoms with Crippen molar-refractivity contribution in [3.8, 4) is 17.4 Å². The molecule has 0 aliphatic carbocycles. The Hall–Kier alpha value is -3.45. The molecule has 3 aromatic rings. The number of alkyl halides is 6. The van der Waals surface area contributed by atoms with Gasteiger partial charge in [0.15, 0.2) is 16.6 Å². The third kappa shape index (κ3) is 6.41. The lowest BCUT2D eigenvalue weighted by Crippen LogP contribution is -2.44. The fourth-order valence-corrected chi connectivity index (χ4v) is 5.04. The largest absolute Gasteiger partial charge is 0.493 e. The highest BCUT2D eigenvalue weighted by atomic mass is 32.1. The number of likely N-dealkylation sites (N-methyl/N-ethyl adjacent to an activating group) is 1. The molecule has 13 heteroatoms. The van der Waals surface area contributed by atoms with Gasteiger partial charge in [-0.2, -0.15) is 31.3 Å². The van der Waals surface area contributed by atoms with Crippen molar-refractivity contribution < 1.29 is 40.9 Å². The van der Waals surface area contributed by atoms with Gasteiger partial charge in [-0.1, -0.05) is 30.0 Å². The Balaban J connectivity index is 1.54. The highest BCUT2D eigenvalue weighted by Crippen LogP contribution is 2.41. The molecule has 2 heterocycles. The van der Waals surface area contributed by atoms with Crippen LogP contribution in [-0.4, -0.2) is 55.3 Å². The molecule has 1 aromatic heterocycles. The van der Waals surface area contributed by atoms with E-state index in [2.05, 4.69) is 21.4 Å². The van der Waals surface area contributed by atoms with Gasteiger partial charge < -0.3 is 24.4 Å². The van der Waals surface area contributed by atoms with Crippen LogP contribution in [0.3, 0.4) is 0 Å².